The van der Waals surface area contributed by atoms with Crippen LogP contribution in [0.25, 0.3) is 0 Å². The van der Waals surface area contributed by atoms with E-state index in [1.54, 1.807) is 0 Å². The Hall–Kier alpha value is -1.75. The molecule has 114 valence electrons. The van der Waals surface area contributed by atoms with Crippen LogP contribution in [0.3, 0.4) is 0 Å². The highest BCUT2D eigenvalue weighted by molar-refractivity contribution is 6.31. The zero-order valence-electron chi connectivity index (χ0n) is 11.9. The first-order chi connectivity index (χ1) is 9.89. The van der Waals surface area contributed by atoms with Crippen LogP contribution in [0.5, 0.6) is 0 Å². The number of halogens is 1. The van der Waals surface area contributed by atoms with E-state index in [1.165, 1.54) is 31.0 Å². The van der Waals surface area contributed by atoms with Gasteiger partial charge in [-0.25, -0.2) is 9.59 Å². The molecule has 1 saturated carbocycles. The summed E-state index contributed by atoms with van der Waals surface area (Å²) in [5.41, 5.74) is 0.354. The van der Waals surface area contributed by atoms with Crippen molar-refractivity contribution >= 4 is 29.3 Å². The highest BCUT2D eigenvalue weighted by atomic mass is 35.5. The van der Waals surface area contributed by atoms with Gasteiger partial charge < -0.3 is 15.7 Å². The number of anilines is 1. The van der Waals surface area contributed by atoms with Gasteiger partial charge in [0.05, 0.1) is 11.3 Å². The van der Waals surface area contributed by atoms with Crippen LogP contribution in [0.1, 0.15) is 43.0 Å². The van der Waals surface area contributed by atoms with Gasteiger partial charge in [0.1, 0.15) is 0 Å². The van der Waals surface area contributed by atoms with Crippen LogP contribution < -0.4 is 10.6 Å². The Morgan fingerprint density at radius 1 is 1.33 bits per heavy atom. The molecule has 0 heterocycles. The van der Waals surface area contributed by atoms with Crippen LogP contribution in [0.2, 0.25) is 5.02 Å². The summed E-state index contributed by atoms with van der Waals surface area (Å²) in [6.07, 6.45) is 4.59. The number of amides is 2. The predicted octanol–water partition coefficient (Wildman–Crippen LogP) is 3.74. The first-order valence-corrected chi connectivity index (χ1v) is 7.35. The molecule has 0 radical (unpaired) electrons. The van der Waals surface area contributed by atoms with E-state index in [0.29, 0.717) is 11.6 Å². The Labute approximate surface area is 128 Å². The number of carbonyl (C=O) groups excluding carboxylic acids is 1. The van der Waals surface area contributed by atoms with Gasteiger partial charge in [-0.2, -0.15) is 0 Å². The summed E-state index contributed by atoms with van der Waals surface area (Å²) in [6, 6.07) is 3.88. The van der Waals surface area contributed by atoms with Gasteiger partial charge >= 0.3 is 12.0 Å². The highest BCUT2D eigenvalue weighted by Crippen LogP contribution is 2.36. The molecule has 1 aliphatic rings. The number of carboxylic acids is 1. The zero-order valence-corrected chi connectivity index (χ0v) is 12.7. The number of aromatic carboxylic acids is 1. The number of hydrogen-bond acceptors (Lipinski definition) is 2. The summed E-state index contributed by atoms with van der Waals surface area (Å²) < 4.78 is 0. The predicted molar refractivity (Wildman–Crippen MR) is 82.0 cm³/mol. The second-order valence-electron chi connectivity index (χ2n) is 5.82. The highest BCUT2D eigenvalue weighted by Gasteiger charge is 2.28. The van der Waals surface area contributed by atoms with Crippen molar-refractivity contribution in [3.05, 3.63) is 28.8 Å². The number of urea groups is 1. The molecule has 6 heteroatoms. The largest absolute Gasteiger partial charge is 0.478 e. The average molecular weight is 311 g/mol. The van der Waals surface area contributed by atoms with Gasteiger partial charge in [0.25, 0.3) is 0 Å². The fourth-order valence-corrected chi connectivity index (χ4v) is 2.84. The monoisotopic (exact) mass is 310 g/mol. The fraction of sp³-hybridized carbons (Fsp3) is 0.467. The maximum atomic E-state index is 11.9. The molecule has 0 bridgehead atoms. The third-order valence-corrected chi connectivity index (χ3v) is 4.18. The molecule has 1 aliphatic carbocycles. The summed E-state index contributed by atoms with van der Waals surface area (Å²) >= 11 is 5.84. The molecule has 21 heavy (non-hydrogen) atoms. The number of benzene rings is 1. The Morgan fingerprint density at radius 3 is 2.62 bits per heavy atom. The van der Waals surface area contributed by atoms with Gasteiger partial charge in [-0.1, -0.05) is 31.4 Å². The standard InChI is InChI=1S/C15H19ClN2O3/c1-15(6-2-3-7-15)9-17-14(21)18-12-8-10(16)4-5-11(12)13(19)20/h4-5,8H,2-3,6-7,9H2,1H3,(H,19,20)(H2,17,18,21). The van der Waals surface area contributed by atoms with Gasteiger partial charge in [-0.05, 0) is 36.5 Å². The number of rotatable bonds is 4. The number of hydrogen-bond donors (Lipinski definition) is 3. The summed E-state index contributed by atoms with van der Waals surface area (Å²) in [7, 11) is 0. The minimum Gasteiger partial charge on any atom is -0.478 e. The normalized spacial score (nSPS) is 16.5. The SMILES string of the molecule is CC1(CNC(=O)Nc2cc(Cl)ccc2C(=O)O)CCCC1. The lowest BCUT2D eigenvalue weighted by molar-refractivity contribution is 0.0698. The number of carbonyl (C=O) groups is 2. The summed E-state index contributed by atoms with van der Waals surface area (Å²) in [4.78, 5) is 23.1. The Morgan fingerprint density at radius 2 is 2.00 bits per heavy atom. The van der Waals surface area contributed by atoms with E-state index < -0.39 is 12.0 Å². The van der Waals surface area contributed by atoms with E-state index in [0.717, 1.165) is 12.8 Å². The van der Waals surface area contributed by atoms with Gasteiger partial charge in [0.2, 0.25) is 0 Å². The fourth-order valence-electron chi connectivity index (χ4n) is 2.67. The van der Waals surface area contributed by atoms with Crippen molar-refractivity contribution in [3.8, 4) is 0 Å². The molecule has 1 aromatic rings. The van der Waals surface area contributed by atoms with Gasteiger partial charge in [-0.15, -0.1) is 0 Å². The van der Waals surface area contributed by atoms with Crippen LogP contribution >= 0.6 is 11.6 Å². The van der Waals surface area contributed by atoms with Crippen molar-refractivity contribution in [2.45, 2.75) is 32.6 Å². The zero-order chi connectivity index (χ0) is 15.5. The van der Waals surface area contributed by atoms with Crippen molar-refractivity contribution in [1.29, 1.82) is 0 Å². The van der Waals surface area contributed by atoms with Gasteiger partial charge in [0, 0.05) is 11.6 Å². The molecule has 3 N–H and O–H groups in total. The van der Waals surface area contributed by atoms with Crippen LogP contribution in [0, 0.1) is 5.41 Å². The van der Waals surface area contributed by atoms with E-state index in [-0.39, 0.29) is 16.7 Å². The summed E-state index contributed by atoms with van der Waals surface area (Å²) in [6.45, 7) is 2.74. The average Bonchev–Trinajstić information content (AvgIpc) is 2.84. The van der Waals surface area contributed by atoms with Crippen LogP contribution in [-0.2, 0) is 0 Å². The van der Waals surface area contributed by atoms with E-state index in [2.05, 4.69) is 17.6 Å². The van der Waals surface area contributed by atoms with Crippen LogP contribution in [0.4, 0.5) is 10.5 Å². The molecule has 0 unspecified atom stereocenters. The number of carboxylic acid groups (broad SMARTS) is 1. The third-order valence-electron chi connectivity index (χ3n) is 3.95. The van der Waals surface area contributed by atoms with E-state index in [4.69, 9.17) is 16.7 Å². The topological polar surface area (TPSA) is 78.4 Å². The third kappa shape index (κ3) is 4.11. The Balaban J connectivity index is 1.99. The van der Waals surface area contributed by atoms with E-state index >= 15 is 0 Å². The van der Waals surface area contributed by atoms with Gasteiger partial charge in [-0.3, -0.25) is 0 Å². The lowest BCUT2D eigenvalue weighted by Gasteiger charge is -2.23. The summed E-state index contributed by atoms with van der Waals surface area (Å²) in [5.74, 6) is -1.11. The molecule has 0 spiro atoms. The maximum absolute atomic E-state index is 11.9. The minimum absolute atomic E-state index is 0.0154. The number of nitrogens with one attached hydrogen (secondary N) is 2. The van der Waals surface area contributed by atoms with Crippen molar-refractivity contribution in [3.63, 3.8) is 0 Å². The first-order valence-electron chi connectivity index (χ1n) is 6.97. The molecule has 5 nitrogen and oxygen atoms in total. The molecule has 0 saturated heterocycles. The van der Waals surface area contributed by atoms with Gasteiger partial charge in [0.15, 0.2) is 0 Å². The van der Waals surface area contributed by atoms with E-state index in [1.807, 2.05) is 0 Å². The second-order valence-corrected chi connectivity index (χ2v) is 6.26. The molecule has 2 amide bonds. The lowest BCUT2D eigenvalue weighted by Crippen LogP contribution is -2.37. The summed E-state index contributed by atoms with van der Waals surface area (Å²) in [5, 5.41) is 14.8. The molecule has 0 aliphatic heterocycles. The lowest BCUT2D eigenvalue weighted by atomic mass is 9.89. The van der Waals surface area contributed by atoms with Crippen LogP contribution in [-0.4, -0.2) is 23.7 Å². The Bertz CT molecular complexity index is 554. The van der Waals surface area contributed by atoms with Crippen molar-refractivity contribution < 1.29 is 14.7 Å². The van der Waals surface area contributed by atoms with Crippen LogP contribution in [0.15, 0.2) is 18.2 Å². The van der Waals surface area contributed by atoms with Crippen molar-refractivity contribution in [2.75, 3.05) is 11.9 Å². The molecular formula is C15H19ClN2O3. The minimum atomic E-state index is -1.11. The Kier molecular flexibility index (Phi) is 4.73. The first kappa shape index (κ1) is 15.6. The smallest absolute Gasteiger partial charge is 0.337 e. The van der Waals surface area contributed by atoms with E-state index in [9.17, 15) is 9.59 Å². The molecule has 1 aromatic carbocycles. The quantitative estimate of drug-likeness (QED) is 0.792. The van der Waals surface area contributed by atoms with Crippen molar-refractivity contribution in [2.24, 2.45) is 5.41 Å². The van der Waals surface area contributed by atoms with Crippen molar-refractivity contribution in [1.82, 2.24) is 5.32 Å². The molecule has 2 rings (SSSR count). The maximum Gasteiger partial charge on any atom is 0.337 e. The second kappa shape index (κ2) is 6.35. The molecule has 1 fully saturated rings. The molecule has 0 atom stereocenters. The molecular weight excluding hydrogens is 292 g/mol. The molecule has 0 aromatic heterocycles.